The molecular formula is C67H43NO2. The van der Waals surface area contributed by atoms with Gasteiger partial charge in [-0.3, -0.25) is 0 Å². The average molecular weight is 894 g/mol. The standard InChI is InChI=1S/C67H43NO2/c1-2-16-42(17-3-1)43-32-36-46(37-33-43)68(47-38-34-44(35-39-47)49-25-15-26-55-53-23-7-12-30-61(53)69-65(49)55)48-19-14-18-45(40-48)63-64-56(41-57-54-24-8-13-31-62(54)70-66(57)63)52-22-6-11-29-60(52)67(64)58-27-9-4-20-50(58)51-21-5-10-28-59(51)67/h1-4,6-20,22-41H,5,21H2. The van der Waals surface area contributed by atoms with Gasteiger partial charge in [0.2, 0.25) is 0 Å². The molecule has 328 valence electrons. The molecule has 10 aromatic carbocycles. The first kappa shape index (κ1) is 39.1. The van der Waals surface area contributed by atoms with Crippen molar-refractivity contribution in [2.45, 2.75) is 18.3 Å². The maximum atomic E-state index is 7.16. The third-order valence-electron chi connectivity index (χ3n) is 15.4. The van der Waals surface area contributed by atoms with Gasteiger partial charge in [0.1, 0.15) is 22.3 Å². The Morgan fingerprint density at radius 3 is 1.73 bits per heavy atom. The highest BCUT2D eigenvalue weighted by Gasteiger charge is 2.54. The highest BCUT2D eigenvalue weighted by atomic mass is 16.3. The zero-order valence-corrected chi connectivity index (χ0v) is 38.2. The normalized spacial score (nSPS) is 15.5. The Labute approximate surface area is 405 Å². The molecule has 3 aliphatic carbocycles. The van der Waals surface area contributed by atoms with Crippen molar-refractivity contribution < 1.29 is 8.83 Å². The minimum atomic E-state index is -0.529. The smallest absolute Gasteiger partial charge is 0.143 e. The molecule has 1 unspecified atom stereocenters. The number of rotatable bonds is 6. The van der Waals surface area contributed by atoms with Crippen molar-refractivity contribution in [2.24, 2.45) is 0 Å². The summed E-state index contributed by atoms with van der Waals surface area (Å²) in [5, 5.41) is 4.51. The highest BCUT2D eigenvalue weighted by molar-refractivity contribution is 6.16. The van der Waals surface area contributed by atoms with Crippen LogP contribution in [0.25, 0.3) is 94.0 Å². The number of benzene rings is 10. The number of para-hydroxylation sites is 3. The van der Waals surface area contributed by atoms with Gasteiger partial charge in [0.05, 0.1) is 5.41 Å². The second-order valence-electron chi connectivity index (χ2n) is 18.9. The van der Waals surface area contributed by atoms with Crippen LogP contribution in [0.15, 0.2) is 251 Å². The summed E-state index contributed by atoms with van der Waals surface area (Å²) in [5.41, 5.74) is 23.7. The molecule has 12 aromatic rings. The summed E-state index contributed by atoms with van der Waals surface area (Å²) < 4.78 is 13.7. The van der Waals surface area contributed by atoms with Crippen molar-refractivity contribution in [3.8, 4) is 44.5 Å². The maximum absolute atomic E-state index is 7.16. The van der Waals surface area contributed by atoms with E-state index in [-0.39, 0.29) is 0 Å². The quantitative estimate of drug-likeness (QED) is 0.167. The van der Waals surface area contributed by atoms with Crippen LogP contribution in [-0.2, 0) is 5.41 Å². The van der Waals surface area contributed by atoms with Gasteiger partial charge < -0.3 is 13.7 Å². The molecule has 0 N–H and O–H groups in total. The molecule has 0 aliphatic heterocycles. The summed E-state index contributed by atoms with van der Waals surface area (Å²) in [6.07, 6.45) is 6.88. The van der Waals surface area contributed by atoms with Gasteiger partial charge in [0.25, 0.3) is 0 Å². The van der Waals surface area contributed by atoms with E-state index in [4.69, 9.17) is 8.83 Å². The number of nitrogens with zero attached hydrogens (tertiary/aromatic N) is 1. The van der Waals surface area contributed by atoms with E-state index in [0.29, 0.717) is 0 Å². The zero-order valence-electron chi connectivity index (χ0n) is 38.2. The van der Waals surface area contributed by atoms with Crippen LogP contribution in [0.5, 0.6) is 0 Å². The van der Waals surface area contributed by atoms with Crippen molar-refractivity contribution in [3.05, 3.63) is 264 Å². The van der Waals surface area contributed by atoms with E-state index in [1.807, 2.05) is 12.1 Å². The first-order valence-electron chi connectivity index (χ1n) is 24.4. The van der Waals surface area contributed by atoms with Gasteiger partial charge in [-0.2, -0.15) is 0 Å². The maximum Gasteiger partial charge on any atom is 0.143 e. The van der Waals surface area contributed by atoms with Crippen LogP contribution in [0.2, 0.25) is 0 Å². The third kappa shape index (κ3) is 5.52. The Kier molecular flexibility index (Phi) is 8.40. The van der Waals surface area contributed by atoms with Crippen molar-refractivity contribution >= 4 is 66.5 Å². The van der Waals surface area contributed by atoms with E-state index in [1.165, 1.54) is 55.7 Å². The molecular weight excluding hydrogens is 851 g/mol. The van der Waals surface area contributed by atoms with E-state index < -0.39 is 5.41 Å². The second-order valence-corrected chi connectivity index (χ2v) is 18.9. The van der Waals surface area contributed by atoms with Gasteiger partial charge in [0, 0.05) is 49.7 Å². The van der Waals surface area contributed by atoms with Gasteiger partial charge in [-0.1, -0.05) is 182 Å². The molecule has 0 fully saturated rings. The van der Waals surface area contributed by atoms with Gasteiger partial charge in [0.15, 0.2) is 0 Å². The fourth-order valence-electron chi connectivity index (χ4n) is 12.4. The van der Waals surface area contributed by atoms with Gasteiger partial charge in [-0.25, -0.2) is 0 Å². The van der Waals surface area contributed by atoms with Crippen LogP contribution in [0.4, 0.5) is 17.1 Å². The lowest BCUT2D eigenvalue weighted by atomic mass is 9.67. The van der Waals surface area contributed by atoms with E-state index in [2.05, 4.69) is 229 Å². The lowest BCUT2D eigenvalue weighted by molar-refractivity contribution is 0.667. The first-order chi connectivity index (χ1) is 34.7. The number of fused-ring (bicyclic) bond motifs is 15. The lowest BCUT2D eigenvalue weighted by Gasteiger charge is -2.34. The Morgan fingerprint density at radius 1 is 0.386 bits per heavy atom. The summed E-state index contributed by atoms with van der Waals surface area (Å²) in [6.45, 7) is 0. The predicted molar refractivity (Wildman–Crippen MR) is 289 cm³/mol. The molecule has 2 aromatic heterocycles. The SMILES string of the molecule is C1=CC2=C(CC1)c1ccccc1C21c2ccccc2-c2cc3c(oc4ccccc43)c(-c3cccc(N(c4ccc(-c5ccccc5)cc4)c4ccc(-c5cccc6c5oc5ccccc56)cc4)c3)c21. The Balaban J connectivity index is 0.964. The Bertz CT molecular complexity index is 4170. The van der Waals surface area contributed by atoms with E-state index >= 15 is 0 Å². The summed E-state index contributed by atoms with van der Waals surface area (Å²) in [5.74, 6) is 0. The van der Waals surface area contributed by atoms with Crippen LogP contribution in [0, 0.1) is 0 Å². The fourth-order valence-corrected chi connectivity index (χ4v) is 12.4. The average Bonchev–Trinajstić information content (AvgIpc) is 4.17. The van der Waals surface area contributed by atoms with Crippen molar-refractivity contribution in [1.29, 1.82) is 0 Å². The van der Waals surface area contributed by atoms with Crippen LogP contribution >= 0.6 is 0 Å². The highest BCUT2D eigenvalue weighted by Crippen LogP contribution is 2.66. The van der Waals surface area contributed by atoms with Crippen LogP contribution in [-0.4, -0.2) is 0 Å². The summed E-state index contributed by atoms with van der Waals surface area (Å²) in [4.78, 5) is 2.39. The first-order valence-corrected chi connectivity index (χ1v) is 24.4. The zero-order chi connectivity index (χ0) is 45.9. The molecule has 1 spiro atoms. The van der Waals surface area contributed by atoms with Crippen molar-refractivity contribution in [3.63, 3.8) is 0 Å². The summed E-state index contributed by atoms with van der Waals surface area (Å²) in [6, 6.07) is 81.7. The summed E-state index contributed by atoms with van der Waals surface area (Å²) in [7, 11) is 0. The molecule has 0 saturated heterocycles. The number of furan rings is 2. The van der Waals surface area contributed by atoms with Crippen LogP contribution < -0.4 is 4.90 Å². The molecule has 3 aliphatic rings. The molecule has 3 nitrogen and oxygen atoms in total. The van der Waals surface area contributed by atoms with Crippen LogP contribution in [0.1, 0.15) is 35.1 Å². The van der Waals surface area contributed by atoms with E-state index in [1.54, 1.807) is 0 Å². The predicted octanol–water partition coefficient (Wildman–Crippen LogP) is 18.4. The number of allylic oxidation sites excluding steroid dienone is 4. The largest absolute Gasteiger partial charge is 0.455 e. The minimum absolute atomic E-state index is 0.529. The topological polar surface area (TPSA) is 29.5 Å². The Morgan fingerprint density at radius 2 is 0.957 bits per heavy atom. The molecule has 2 heterocycles. The van der Waals surface area contributed by atoms with Gasteiger partial charge in [-0.15, -0.1) is 0 Å². The van der Waals surface area contributed by atoms with E-state index in [0.717, 1.165) is 96.0 Å². The van der Waals surface area contributed by atoms with Gasteiger partial charge >= 0.3 is 0 Å². The van der Waals surface area contributed by atoms with Crippen LogP contribution in [0.3, 0.4) is 0 Å². The number of hydrogen-bond acceptors (Lipinski definition) is 3. The molecule has 3 heteroatoms. The lowest BCUT2D eigenvalue weighted by Crippen LogP contribution is -2.28. The van der Waals surface area contributed by atoms with E-state index in [9.17, 15) is 0 Å². The molecule has 15 rings (SSSR count). The number of hydrogen-bond donors (Lipinski definition) is 0. The summed E-state index contributed by atoms with van der Waals surface area (Å²) >= 11 is 0. The molecule has 0 saturated carbocycles. The number of anilines is 3. The van der Waals surface area contributed by atoms with Gasteiger partial charge in [-0.05, 0) is 134 Å². The molecule has 0 bridgehead atoms. The molecule has 0 radical (unpaired) electrons. The Hall–Kier alpha value is -8.92. The third-order valence-corrected chi connectivity index (χ3v) is 15.4. The molecule has 0 amide bonds. The van der Waals surface area contributed by atoms with Crippen molar-refractivity contribution in [1.82, 2.24) is 0 Å². The van der Waals surface area contributed by atoms with Crippen molar-refractivity contribution in [2.75, 3.05) is 4.90 Å². The fraction of sp³-hybridized carbons (Fsp3) is 0.0448. The molecule has 70 heavy (non-hydrogen) atoms. The molecule has 1 atom stereocenters. The monoisotopic (exact) mass is 893 g/mol. The second kappa shape index (κ2) is 15.0. The minimum Gasteiger partial charge on any atom is -0.455 e.